The number of thiazole rings is 1. The average molecular weight is 438 g/mol. The highest BCUT2D eigenvalue weighted by Crippen LogP contribution is 2.30. The van der Waals surface area contributed by atoms with Crippen LogP contribution in [0.2, 0.25) is 0 Å². The third kappa shape index (κ3) is 4.11. The van der Waals surface area contributed by atoms with Gasteiger partial charge in [0.25, 0.3) is 0 Å². The molecule has 2 aromatic carbocycles. The summed E-state index contributed by atoms with van der Waals surface area (Å²) in [4.78, 5) is 7.12. The van der Waals surface area contributed by atoms with Gasteiger partial charge in [-0.1, -0.05) is 36.4 Å². The van der Waals surface area contributed by atoms with Crippen LogP contribution in [0.4, 0.5) is 5.13 Å². The summed E-state index contributed by atoms with van der Waals surface area (Å²) in [5, 5.41) is 11.8. The van der Waals surface area contributed by atoms with E-state index in [0.717, 1.165) is 17.2 Å². The number of aromatic nitrogens is 1. The van der Waals surface area contributed by atoms with Crippen LogP contribution < -0.4 is 4.90 Å². The molecule has 4 rings (SSSR count). The summed E-state index contributed by atoms with van der Waals surface area (Å²) >= 11 is 1.61. The molecule has 0 radical (unpaired) electrons. The lowest BCUT2D eigenvalue weighted by atomic mass is 10.1. The highest BCUT2D eigenvalue weighted by atomic mass is 32.2. The zero-order valence-electron chi connectivity index (χ0n) is 16.8. The quantitative estimate of drug-likeness (QED) is 0.593. The third-order valence-electron chi connectivity index (χ3n) is 5.64. The molecule has 1 saturated heterocycles. The first-order valence-corrected chi connectivity index (χ1v) is 12.4. The Kier molecular flexibility index (Phi) is 5.89. The van der Waals surface area contributed by atoms with Gasteiger partial charge in [-0.2, -0.15) is 5.26 Å². The van der Waals surface area contributed by atoms with E-state index < -0.39 is 15.1 Å². The van der Waals surface area contributed by atoms with E-state index >= 15 is 0 Å². The zero-order chi connectivity index (χ0) is 21.1. The molecule has 30 heavy (non-hydrogen) atoms. The fourth-order valence-electron chi connectivity index (χ4n) is 3.87. The summed E-state index contributed by atoms with van der Waals surface area (Å²) in [7, 11) is -3.52. The van der Waals surface area contributed by atoms with Crippen molar-refractivity contribution in [3.05, 3.63) is 76.3 Å². The van der Waals surface area contributed by atoms with Crippen molar-refractivity contribution in [1.29, 1.82) is 5.26 Å². The molecule has 5 nitrogen and oxygen atoms in total. The van der Waals surface area contributed by atoms with Gasteiger partial charge in [0.15, 0.2) is 15.0 Å². The van der Waals surface area contributed by atoms with Crippen LogP contribution in [-0.2, 0) is 16.3 Å². The minimum absolute atomic E-state index is 0.153. The van der Waals surface area contributed by atoms with Crippen molar-refractivity contribution in [3.63, 3.8) is 0 Å². The molecule has 0 amide bonds. The van der Waals surface area contributed by atoms with Crippen molar-refractivity contribution in [1.82, 2.24) is 4.98 Å². The first-order chi connectivity index (χ1) is 14.5. The van der Waals surface area contributed by atoms with Gasteiger partial charge in [-0.05, 0) is 43.0 Å². The van der Waals surface area contributed by atoms with Crippen LogP contribution in [0.15, 0.2) is 58.8 Å². The molecule has 3 aromatic rings. The second kappa shape index (κ2) is 8.58. The Morgan fingerprint density at radius 1 is 1.13 bits per heavy atom. The highest BCUT2D eigenvalue weighted by molar-refractivity contribution is 7.92. The molecule has 0 unspecified atom stereocenters. The number of hydrogen-bond donors (Lipinski definition) is 0. The van der Waals surface area contributed by atoms with Crippen LogP contribution in [0.1, 0.15) is 35.2 Å². The predicted octanol–water partition coefficient (Wildman–Crippen LogP) is 4.36. The number of piperidine rings is 1. The molecule has 0 bridgehead atoms. The van der Waals surface area contributed by atoms with Crippen molar-refractivity contribution in [2.75, 3.05) is 18.0 Å². The summed E-state index contributed by atoms with van der Waals surface area (Å²) in [5.74, 6) is 0. The van der Waals surface area contributed by atoms with Crippen LogP contribution in [0, 0.1) is 18.3 Å². The summed E-state index contributed by atoms with van der Waals surface area (Å²) < 4.78 is 26.1. The second-order valence-electron chi connectivity index (χ2n) is 7.56. The molecule has 1 aromatic heterocycles. The van der Waals surface area contributed by atoms with Gasteiger partial charge < -0.3 is 4.90 Å². The number of rotatable bonds is 5. The van der Waals surface area contributed by atoms with E-state index in [1.165, 1.54) is 11.1 Å². The lowest BCUT2D eigenvalue weighted by molar-refractivity contribution is 0.529. The Balaban J connectivity index is 1.43. The summed E-state index contributed by atoms with van der Waals surface area (Å²) in [6.45, 7) is 3.41. The minimum Gasteiger partial charge on any atom is -0.348 e. The van der Waals surface area contributed by atoms with Crippen molar-refractivity contribution in [3.8, 4) is 6.07 Å². The second-order valence-corrected chi connectivity index (χ2v) is 10.6. The molecule has 2 heterocycles. The fraction of sp³-hybridized carbons (Fsp3) is 0.304. The van der Waals surface area contributed by atoms with Gasteiger partial charge in [-0.15, -0.1) is 11.3 Å². The number of hydrogen-bond acceptors (Lipinski definition) is 6. The van der Waals surface area contributed by atoms with E-state index in [1.54, 1.807) is 35.6 Å². The van der Waals surface area contributed by atoms with Crippen molar-refractivity contribution in [2.24, 2.45) is 0 Å². The van der Waals surface area contributed by atoms with E-state index in [1.807, 2.05) is 18.2 Å². The van der Waals surface area contributed by atoms with Gasteiger partial charge in [-0.3, -0.25) is 0 Å². The average Bonchev–Trinajstić information content (AvgIpc) is 3.24. The van der Waals surface area contributed by atoms with Crippen LogP contribution in [0.3, 0.4) is 0 Å². The largest absolute Gasteiger partial charge is 0.348 e. The standard InChI is InChI=1S/C23H23N3O2S2/c1-17-6-2-3-7-18(17)14-20-16-29-23(25-20)26-12-10-21(11-13-26)30(27,28)22-9-5-4-8-19(22)15-24/h2-9,16,21H,10-14H2,1H3. The maximum absolute atomic E-state index is 13.1. The Labute approximate surface area is 181 Å². The number of benzene rings is 2. The van der Waals surface area contributed by atoms with Gasteiger partial charge in [0.2, 0.25) is 0 Å². The van der Waals surface area contributed by atoms with E-state index in [4.69, 9.17) is 4.98 Å². The van der Waals surface area contributed by atoms with E-state index in [9.17, 15) is 13.7 Å². The van der Waals surface area contributed by atoms with E-state index in [-0.39, 0.29) is 10.5 Å². The maximum atomic E-state index is 13.1. The van der Waals surface area contributed by atoms with Crippen LogP contribution in [0.5, 0.6) is 0 Å². The van der Waals surface area contributed by atoms with Crippen molar-refractivity contribution < 1.29 is 8.42 Å². The molecule has 1 aliphatic heterocycles. The van der Waals surface area contributed by atoms with Gasteiger partial charge >= 0.3 is 0 Å². The third-order valence-corrected chi connectivity index (χ3v) is 8.91. The highest BCUT2D eigenvalue weighted by Gasteiger charge is 2.33. The van der Waals surface area contributed by atoms with Crippen molar-refractivity contribution >= 4 is 26.3 Å². The molecule has 0 N–H and O–H groups in total. The van der Waals surface area contributed by atoms with E-state index in [2.05, 4.69) is 29.3 Å². The van der Waals surface area contributed by atoms with Gasteiger partial charge in [-0.25, -0.2) is 13.4 Å². The first-order valence-electron chi connectivity index (χ1n) is 9.96. The normalized spacial score (nSPS) is 15.1. The minimum atomic E-state index is -3.52. The van der Waals surface area contributed by atoms with Crippen LogP contribution >= 0.6 is 11.3 Å². The van der Waals surface area contributed by atoms with Gasteiger partial charge in [0.1, 0.15) is 6.07 Å². The molecule has 1 fully saturated rings. The number of aryl methyl sites for hydroxylation is 1. The number of nitriles is 1. The number of anilines is 1. The molecule has 0 atom stereocenters. The Morgan fingerprint density at radius 3 is 2.57 bits per heavy atom. The lowest BCUT2D eigenvalue weighted by Crippen LogP contribution is -2.39. The Morgan fingerprint density at radius 2 is 1.83 bits per heavy atom. The zero-order valence-corrected chi connectivity index (χ0v) is 18.4. The molecular formula is C23H23N3O2S2. The smallest absolute Gasteiger partial charge is 0.185 e. The molecular weight excluding hydrogens is 414 g/mol. The number of sulfone groups is 1. The first kappa shape index (κ1) is 20.6. The summed E-state index contributed by atoms with van der Waals surface area (Å²) in [6.07, 6.45) is 1.88. The van der Waals surface area contributed by atoms with Gasteiger partial charge in [0, 0.05) is 24.9 Å². The van der Waals surface area contributed by atoms with E-state index in [0.29, 0.717) is 25.9 Å². The topological polar surface area (TPSA) is 74.1 Å². The Hall–Kier alpha value is -2.69. The molecule has 0 spiro atoms. The van der Waals surface area contributed by atoms with Gasteiger partial charge in [0.05, 0.1) is 21.4 Å². The fourth-order valence-corrected chi connectivity index (χ4v) is 6.63. The SMILES string of the molecule is Cc1ccccc1Cc1csc(N2CCC(S(=O)(=O)c3ccccc3C#N)CC2)n1. The number of nitrogens with zero attached hydrogens (tertiary/aromatic N) is 3. The summed E-state index contributed by atoms with van der Waals surface area (Å²) in [6, 6.07) is 16.8. The maximum Gasteiger partial charge on any atom is 0.185 e. The molecule has 7 heteroatoms. The Bertz CT molecular complexity index is 1190. The van der Waals surface area contributed by atoms with Crippen LogP contribution in [-0.4, -0.2) is 31.7 Å². The molecule has 0 saturated carbocycles. The lowest BCUT2D eigenvalue weighted by Gasteiger charge is -2.31. The molecule has 154 valence electrons. The monoisotopic (exact) mass is 437 g/mol. The predicted molar refractivity (Wildman–Crippen MR) is 120 cm³/mol. The van der Waals surface area contributed by atoms with Crippen LogP contribution in [0.25, 0.3) is 0 Å². The molecule has 0 aliphatic carbocycles. The summed E-state index contributed by atoms with van der Waals surface area (Å²) in [5.41, 5.74) is 3.80. The molecule has 1 aliphatic rings. The van der Waals surface area contributed by atoms with Crippen molar-refractivity contribution in [2.45, 2.75) is 36.3 Å².